The van der Waals surface area contributed by atoms with Gasteiger partial charge in [-0.25, -0.2) is 0 Å². The molecule has 2 saturated heterocycles. The highest BCUT2D eigenvalue weighted by Crippen LogP contribution is 2.39. The van der Waals surface area contributed by atoms with Gasteiger partial charge in [0.15, 0.2) is 0 Å². The van der Waals surface area contributed by atoms with E-state index in [9.17, 15) is 4.79 Å². The molecule has 3 aliphatic rings. The molecule has 2 N–H and O–H groups in total. The number of nitrogens with zero attached hydrogens (tertiary/aromatic N) is 1. The van der Waals surface area contributed by atoms with Crippen molar-refractivity contribution in [3.05, 3.63) is 0 Å². The molecule has 0 aromatic heterocycles. The number of hydrogen-bond donors (Lipinski definition) is 1. The third-order valence-corrected chi connectivity index (χ3v) is 5.48. The van der Waals surface area contributed by atoms with Crippen molar-refractivity contribution in [1.29, 1.82) is 0 Å². The Kier molecular flexibility index (Phi) is 3.56. The highest BCUT2D eigenvalue weighted by molar-refractivity contribution is 5.87. The summed E-state index contributed by atoms with van der Waals surface area (Å²) in [6.45, 7) is 4.26. The first-order valence-electron chi connectivity index (χ1n) is 7.79. The van der Waals surface area contributed by atoms with E-state index in [4.69, 9.17) is 10.5 Å². The number of fused-ring (bicyclic) bond motifs is 1. The minimum absolute atomic E-state index is 0.147. The second-order valence-corrected chi connectivity index (χ2v) is 6.74. The van der Waals surface area contributed by atoms with Gasteiger partial charge in [-0.1, -0.05) is 19.8 Å². The van der Waals surface area contributed by atoms with Crippen molar-refractivity contribution in [3.63, 3.8) is 0 Å². The molecule has 4 atom stereocenters. The Balaban J connectivity index is 1.77. The maximum absolute atomic E-state index is 12.8. The molecule has 4 unspecified atom stereocenters. The van der Waals surface area contributed by atoms with Crippen LogP contribution in [0.2, 0.25) is 0 Å². The summed E-state index contributed by atoms with van der Waals surface area (Å²) in [6, 6.07) is 0.436. The minimum atomic E-state index is -0.747. The maximum atomic E-state index is 12.8. The number of hydrogen-bond acceptors (Lipinski definition) is 3. The second-order valence-electron chi connectivity index (χ2n) is 6.74. The van der Waals surface area contributed by atoms with Gasteiger partial charge in [-0.2, -0.15) is 0 Å². The van der Waals surface area contributed by atoms with Crippen LogP contribution >= 0.6 is 0 Å². The number of nitrogens with two attached hydrogens (primary N) is 1. The molecule has 108 valence electrons. The first-order valence-corrected chi connectivity index (χ1v) is 7.79. The number of carbonyl (C=O) groups is 1. The van der Waals surface area contributed by atoms with Gasteiger partial charge < -0.3 is 15.4 Å². The topological polar surface area (TPSA) is 55.6 Å². The van der Waals surface area contributed by atoms with Gasteiger partial charge in [-0.3, -0.25) is 4.79 Å². The van der Waals surface area contributed by atoms with Crippen LogP contribution < -0.4 is 5.73 Å². The van der Waals surface area contributed by atoms with Gasteiger partial charge in [-0.15, -0.1) is 0 Å². The predicted molar refractivity (Wildman–Crippen MR) is 73.6 cm³/mol. The fourth-order valence-corrected chi connectivity index (χ4v) is 4.20. The highest BCUT2D eigenvalue weighted by atomic mass is 16.5. The van der Waals surface area contributed by atoms with E-state index >= 15 is 0 Å². The number of rotatable bonds is 1. The fraction of sp³-hybridized carbons (Fsp3) is 0.933. The van der Waals surface area contributed by atoms with Crippen molar-refractivity contribution >= 4 is 5.91 Å². The normalized spacial score (nSPS) is 43.1. The van der Waals surface area contributed by atoms with Gasteiger partial charge in [-0.05, 0) is 37.5 Å². The van der Waals surface area contributed by atoms with Crippen LogP contribution in [-0.2, 0) is 9.53 Å². The van der Waals surface area contributed by atoms with Crippen LogP contribution in [-0.4, -0.2) is 42.1 Å². The summed E-state index contributed by atoms with van der Waals surface area (Å²) in [4.78, 5) is 14.9. The zero-order chi connectivity index (χ0) is 13.5. The Morgan fingerprint density at radius 2 is 2.11 bits per heavy atom. The summed E-state index contributed by atoms with van der Waals surface area (Å²) >= 11 is 0. The highest BCUT2D eigenvalue weighted by Gasteiger charge is 2.46. The van der Waals surface area contributed by atoms with Crippen LogP contribution in [0.25, 0.3) is 0 Å². The van der Waals surface area contributed by atoms with E-state index in [1.165, 1.54) is 19.3 Å². The molecule has 19 heavy (non-hydrogen) atoms. The van der Waals surface area contributed by atoms with Gasteiger partial charge in [0.25, 0.3) is 0 Å². The standard InChI is InChI=1S/C15H26N2O2/c1-11-6-8-17(13-5-3-2-4-12(11)13)14(18)15(16)7-9-19-10-15/h11-13H,2-10,16H2,1H3. The first-order chi connectivity index (χ1) is 9.12. The lowest BCUT2D eigenvalue weighted by Gasteiger charge is -2.49. The Bertz CT molecular complexity index is 352. The van der Waals surface area contributed by atoms with Crippen molar-refractivity contribution in [2.45, 2.75) is 57.0 Å². The lowest BCUT2D eigenvalue weighted by atomic mass is 9.72. The van der Waals surface area contributed by atoms with Crippen LogP contribution in [0.1, 0.15) is 45.4 Å². The van der Waals surface area contributed by atoms with Crippen molar-refractivity contribution in [2.75, 3.05) is 19.8 Å². The molecule has 2 heterocycles. The van der Waals surface area contributed by atoms with Crippen LogP contribution in [0.15, 0.2) is 0 Å². The first kappa shape index (κ1) is 13.4. The van der Waals surface area contributed by atoms with Gasteiger partial charge in [0.1, 0.15) is 5.54 Å². The van der Waals surface area contributed by atoms with Crippen molar-refractivity contribution in [2.24, 2.45) is 17.6 Å². The number of piperidine rings is 1. The van der Waals surface area contributed by atoms with E-state index < -0.39 is 5.54 Å². The Morgan fingerprint density at radius 3 is 2.84 bits per heavy atom. The van der Waals surface area contributed by atoms with E-state index in [0.29, 0.717) is 31.6 Å². The third-order valence-electron chi connectivity index (χ3n) is 5.48. The van der Waals surface area contributed by atoms with Crippen LogP contribution in [0.5, 0.6) is 0 Å². The smallest absolute Gasteiger partial charge is 0.245 e. The largest absolute Gasteiger partial charge is 0.379 e. The molecule has 4 heteroatoms. The fourth-order valence-electron chi connectivity index (χ4n) is 4.20. The molecule has 1 aliphatic carbocycles. The summed E-state index contributed by atoms with van der Waals surface area (Å²) in [5.74, 6) is 1.59. The number of likely N-dealkylation sites (tertiary alicyclic amines) is 1. The average Bonchev–Trinajstić information content (AvgIpc) is 2.87. The molecule has 4 nitrogen and oxygen atoms in total. The van der Waals surface area contributed by atoms with Gasteiger partial charge in [0.05, 0.1) is 6.61 Å². The molecule has 0 aromatic rings. The quantitative estimate of drug-likeness (QED) is 0.783. The molecule has 0 aromatic carbocycles. The summed E-state index contributed by atoms with van der Waals surface area (Å²) < 4.78 is 5.36. The maximum Gasteiger partial charge on any atom is 0.245 e. The monoisotopic (exact) mass is 266 g/mol. The molecular weight excluding hydrogens is 240 g/mol. The van der Waals surface area contributed by atoms with E-state index in [-0.39, 0.29) is 5.91 Å². The zero-order valence-corrected chi connectivity index (χ0v) is 11.9. The Morgan fingerprint density at radius 1 is 1.32 bits per heavy atom. The number of ether oxygens (including phenoxy) is 1. The lowest BCUT2D eigenvalue weighted by Crippen LogP contribution is -2.62. The molecule has 3 fully saturated rings. The summed E-state index contributed by atoms with van der Waals surface area (Å²) in [6.07, 6.45) is 6.83. The van der Waals surface area contributed by atoms with Crippen LogP contribution in [0, 0.1) is 11.8 Å². The number of amides is 1. The lowest BCUT2D eigenvalue weighted by molar-refractivity contribution is -0.145. The number of carbonyl (C=O) groups excluding carboxylic acids is 1. The van der Waals surface area contributed by atoms with E-state index in [1.54, 1.807) is 0 Å². The predicted octanol–water partition coefficient (Wildman–Crippen LogP) is 1.53. The summed E-state index contributed by atoms with van der Waals surface area (Å²) in [5, 5.41) is 0. The SMILES string of the molecule is CC1CCN(C(=O)C2(N)CCOC2)C2CCCCC12. The van der Waals surface area contributed by atoms with E-state index in [1.807, 2.05) is 0 Å². The molecule has 1 saturated carbocycles. The molecule has 1 amide bonds. The molecule has 0 spiro atoms. The van der Waals surface area contributed by atoms with Gasteiger partial charge in [0.2, 0.25) is 5.91 Å². The molecule has 0 bridgehead atoms. The summed E-state index contributed by atoms with van der Waals surface area (Å²) in [7, 11) is 0. The van der Waals surface area contributed by atoms with Crippen molar-refractivity contribution in [3.8, 4) is 0 Å². The minimum Gasteiger partial charge on any atom is -0.379 e. The molecule has 2 aliphatic heterocycles. The van der Waals surface area contributed by atoms with E-state index in [2.05, 4.69) is 11.8 Å². The Hall–Kier alpha value is -0.610. The zero-order valence-electron chi connectivity index (χ0n) is 11.9. The van der Waals surface area contributed by atoms with E-state index in [0.717, 1.165) is 25.3 Å². The average molecular weight is 266 g/mol. The third kappa shape index (κ3) is 2.29. The van der Waals surface area contributed by atoms with Gasteiger partial charge >= 0.3 is 0 Å². The van der Waals surface area contributed by atoms with Crippen molar-refractivity contribution < 1.29 is 9.53 Å². The molecule has 0 radical (unpaired) electrons. The molecular formula is C15H26N2O2. The van der Waals surface area contributed by atoms with Gasteiger partial charge in [0, 0.05) is 19.2 Å². The van der Waals surface area contributed by atoms with Crippen LogP contribution in [0.3, 0.4) is 0 Å². The van der Waals surface area contributed by atoms with Crippen molar-refractivity contribution in [1.82, 2.24) is 4.90 Å². The summed E-state index contributed by atoms with van der Waals surface area (Å²) in [5.41, 5.74) is 5.53. The second kappa shape index (κ2) is 5.06. The van der Waals surface area contributed by atoms with Crippen LogP contribution in [0.4, 0.5) is 0 Å². The molecule has 3 rings (SSSR count). The Labute approximate surface area is 115 Å².